The molecule has 0 bridgehead atoms. The topological polar surface area (TPSA) is 74.3 Å². The highest BCUT2D eigenvalue weighted by atomic mass is 15.2. The van der Waals surface area contributed by atoms with Crippen LogP contribution in [0.4, 0.5) is 0 Å². The van der Waals surface area contributed by atoms with E-state index in [1.54, 1.807) is 0 Å². The molecule has 0 aliphatic rings. The van der Waals surface area contributed by atoms with E-state index in [0.29, 0.717) is 17.6 Å². The van der Waals surface area contributed by atoms with E-state index in [9.17, 15) is 0 Å². The lowest BCUT2D eigenvalue weighted by atomic mass is 9.93. The molecule has 0 spiro atoms. The molecule has 0 radical (unpaired) electrons. The van der Waals surface area contributed by atoms with Gasteiger partial charge >= 0.3 is 0 Å². The Labute approximate surface area is 344 Å². The summed E-state index contributed by atoms with van der Waals surface area (Å²) in [5.41, 5.74) is 8.31. The molecule has 0 N–H and O–H groups in total. The van der Waals surface area contributed by atoms with Gasteiger partial charge in [-0.25, -0.2) is 15.0 Å². The van der Waals surface area contributed by atoms with Crippen LogP contribution in [0.25, 0.3) is 112 Å². The Kier molecular flexibility index (Phi) is 7.71. The standard InChI is InChI=1S/C53H33N7/c1-4-16-34(17-5-1)51-55-46-33-37(29-31-48(46)59(51)38-20-8-3-9-21-38)50-56-49(36-28-30-43-41-24-11-10-22-39(41)40-23-12-13-25-42(40)44(43)32-36)57-53(58-50)60-47-27-15-14-26-45(47)54-52(60)35-18-6-2-7-19-35/h1-33H. The van der Waals surface area contributed by atoms with Gasteiger partial charge < -0.3 is 0 Å². The van der Waals surface area contributed by atoms with Crippen molar-refractivity contribution in [3.8, 4) is 57.2 Å². The Hall–Kier alpha value is -8.29. The zero-order valence-electron chi connectivity index (χ0n) is 32.2. The molecule has 7 nitrogen and oxygen atoms in total. The number of nitrogens with zero attached hydrogens (tertiary/aromatic N) is 7. The maximum absolute atomic E-state index is 5.30. The fourth-order valence-electron chi connectivity index (χ4n) is 8.62. The molecule has 0 aliphatic heterocycles. The van der Waals surface area contributed by atoms with Gasteiger partial charge in [0.05, 0.1) is 22.1 Å². The second-order valence-corrected chi connectivity index (χ2v) is 14.9. The van der Waals surface area contributed by atoms with Crippen LogP contribution >= 0.6 is 0 Å². The fraction of sp³-hybridized carbons (Fsp3) is 0. The van der Waals surface area contributed by atoms with E-state index in [2.05, 4.69) is 149 Å². The van der Waals surface area contributed by atoms with Crippen LogP contribution in [0.15, 0.2) is 200 Å². The van der Waals surface area contributed by atoms with E-state index >= 15 is 0 Å². The van der Waals surface area contributed by atoms with Crippen LogP contribution in [-0.2, 0) is 0 Å². The minimum Gasteiger partial charge on any atom is -0.292 e. The van der Waals surface area contributed by atoms with Gasteiger partial charge in [0.1, 0.15) is 11.6 Å². The molecule has 0 atom stereocenters. The molecule has 0 fully saturated rings. The first-order valence-electron chi connectivity index (χ1n) is 20.0. The summed E-state index contributed by atoms with van der Waals surface area (Å²) in [4.78, 5) is 26.2. The third-order valence-electron chi connectivity index (χ3n) is 11.4. The Morgan fingerprint density at radius 1 is 0.283 bits per heavy atom. The second kappa shape index (κ2) is 13.7. The van der Waals surface area contributed by atoms with Gasteiger partial charge in [0.15, 0.2) is 11.6 Å². The van der Waals surface area contributed by atoms with Crippen LogP contribution in [-0.4, -0.2) is 34.1 Å². The van der Waals surface area contributed by atoms with Crippen LogP contribution in [0.5, 0.6) is 0 Å². The molecule has 280 valence electrons. The number of imidazole rings is 2. The highest BCUT2D eigenvalue weighted by Gasteiger charge is 2.21. The van der Waals surface area contributed by atoms with Gasteiger partial charge in [0.25, 0.3) is 0 Å². The maximum atomic E-state index is 5.30. The third-order valence-corrected chi connectivity index (χ3v) is 11.4. The van der Waals surface area contributed by atoms with E-state index in [4.69, 9.17) is 24.9 Å². The summed E-state index contributed by atoms with van der Waals surface area (Å²) in [6.45, 7) is 0. The average Bonchev–Trinajstić information content (AvgIpc) is 3.92. The first-order valence-corrected chi connectivity index (χ1v) is 20.0. The summed E-state index contributed by atoms with van der Waals surface area (Å²) in [6, 6.07) is 69.2. The Bertz CT molecular complexity index is 3560. The van der Waals surface area contributed by atoms with Gasteiger partial charge in [-0.1, -0.05) is 152 Å². The normalized spacial score (nSPS) is 11.7. The summed E-state index contributed by atoms with van der Waals surface area (Å²) in [5, 5.41) is 7.17. The van der Waals surface area contributed by atoms with E-state index in [0.717, 1.165) is 67.0 Å². The summed E-state index contributed by atoms with van der Waals surface area (Å²) in [7, 11) is 0. The zero-order chi connectivity index (χ0) is 39.6. The number of benzene rings is 9. The monoisotopic (exact) mass is 767 g/mol. The zero-order valence-corrected chi connectivity index (χ0v) is 32.2. The molecule has 0 unspecified atom stereocenters. The minimum atomic E-state index is 0.478. The fourth-order valence-corrected chi connectivity index (χ4v) is 8.62. The number of rotatable bonds is 6. The van der Waals surface area contributed by atoms with Gasteiger partial charge in [0.2, 0.25) is 5.95 Å². The highest BCUT2D eigenvalue weighted by molar-refractivity contribution is 6.25. The van der Waals surface area contributed by atoms with Gasteiger partial charge in [-0.3, -0.25) is 9.13 Å². The van der Waals surface area contributed by atoms with Crippen molar-refractivity contribution in [3.05, 3.63) is 200 Å². The molecule has 60 heavy (non-hydrogen) atoms. The van der Waals surface area contributed by atoms with Gasteiger partial charge in [-0.05, 0) is 80.8 Å². The third kappa shape index (κ3) is 5.48. The lowest BCUT2D eigenvalue weighted by Gasteiger charge is -2.14. The van der Waals surface area contributed by atoms with Crippen LogP contribution < -0.4 is 0 Å². The summed E-state index contributed by atoms with van der Waals surface area (Å²) in [6.07, 6.45) is 0. The molecule has 3 heterocycles. The summed E-state index contributed by atoms with van der Waals surface area (Å²) >= 11 is 0. The lowest BCUT2D eigenvalue weighted by molar-refractivity contribution is 0.930. The molecular formula is C53H33N7. The first kappa shape index (κ1) is 33.8. The van der Waals surface area contributed by atoms with Crippen molar-refractivity contribution in [1.29, 1.82) is 0 Å². The molecule has 7 heteroatoms. The molecule has 0 saturated carbocycles. The Balaban J connectivity index is 1.12. The first-order chi connectivity index (χ1) is 29.7. The Morgan fingerprint density at radius 2 is 0.750 bits per heavy atom. The molecule has 3 aromatic heterocycles. The van der Waals surface area contributed by atoms with E-state index in [1.807, 2.05) is 60.7 Å². The van der Waals surface area contributed by atoms with Crippen molar-refractivity contribution < 1.29 is 0 Å². The number of para-hydroxylation sites is 3. The molecule has 12 rings (SSSR count). The molecule has 0 aliphatic carbocycles. The van der Waals surface area contributed by atoms with Crippen LogP contribution in [0.3, 0.4) is 0 Å². The molecule has 12 aromatic rings. The molecule has 0 saturated heterocycles. The van der Waals surface area contributed by atoms with Crippen LogP contribution in [0.1, 0.15) is 0 Å². The van der Waals surface area contributed by atoms with Gasteiger partial charge in [0, 0.05) is 27.9 Å². The number of hydrogen-bond donors (Lipinski definition) is 0. The van der Waals surface area contributed by atoms with Crippen molar-refractivity contribution in [3.63, 3.8) is 0 Å². The van der Waals surface area contributed by atoms with Crippen LogP contribution in [0.2, 0.25) is 0 Å². The number of hydrogen-bond acceptors (Lipinski definition) is 5. The van der Waals surface area contributed by atoms with Gasteiger partial charge in [-0.2, -0.15) is 9.97 Å². The van der Waals surface area contributed by atoms with E-state index < -0.39 is 0 Å². The molecule has 0 amide bonds. The van der Waals surface area contributed by atoms with E-state index in [-0.39, 0.29) is 0 Å². The van der Waals surface area contributed by atoms with E-state index in [1.165, 1.54) is 26.9 Å². The largest absolute Gasteiger partial charge is 0.292 e. The highest BCUT2D eigenvalue weighted by Crippen LogP contribution is 2.38. The van der Waals surface area contributed by atoms with Crippen molar-refractivity contribution in [2.75, 3.05) is 0 Å². The van der Waals surface area contributed by atoms with Crippen molar-refractivity contribution >= 4 is 54.4 Å². The van der Waals surface area contributed by atoms with Gasteiger partial charge in [-0.15, -0.1) is 0 Å². The van der Waals surface area contributed by atoms with Crippen molar-refractivity contribution in [1.82, 2.24) is 34.1 Å². The smallest absolute Gasteiger partial charge is 0.240 e. The predicted molar refractivity (Wildman–Crippen MR) is 243 cm³/mol. The average molecular weight is 768 g/mol. The van der Waals surface area contributed by atoms with Crippen LogP contribution in [0, 0.1) is 0 Å². The maximum Gasteiger partial charge on any atom is 0.240 e. The van der Waals surface area contributed by atoms with Crippen molar-refractivity contribution in [2.45, 2.75) is 0 Å². The minimum absolute atomic E-state index is 0.478. The Morgan fingerprint density at radius 3 is 1.40 bits per heavy atom. The molecular weight excluding hydrogens is 735 g/mol. The van der Waals surface area contributed by atoms with Crippen molar-refractivity contribution in [2.24, 2.45) is 0 Å². The SMILES string of the molecule is c1ccc(-c2nc3cc(-c4nc(-c5ccc6c7ccccc7c7ccccc7c6c5)nc(-n5c(-c6ccccc6)nc6ccccc65)n4)ccc3n2-c2ccccc2)cc1. The number of aromatic nitrogens is 7. The quantitative estimate of drug-likeness (QED) is 0.158. The lowest BCUT2D eigenvalue weighted by Crippen LogP contribution is -2.08. The molecule has 9 aromatic carbocycles. The predicted octanol–water partition coefficient (Wildman–Crippen LogP) is 12.7. The second-order valence-electron chi connectivity index (χ2n) is 14.9. The number of fused-ring (bicyclic) bond motifs is 8. The summed E-state index contributed by atoms with van der Waals surface area (Å²) < 4.78 is 4.27. The summed E-state index contributed by atoms with van der Waals surface area (Å²) in [5.74, 6) is 3.18.